The fourth-order valence-corrected chi connectivity index (χ4v) is 3.77. The van der Waals surface area contributed by atoms with E-state index in [1.807, 2.05) is 53.0 Å². The van der Waals surface area contributed by atoms with Gasteiger partial charge in [0.05, 0.1) is 18.4 Å². The summed E-state index contributed by atoms with van der Waals surface area (Å²) in [6.07, 6.45) is 3.99. The van der Waals surface area contributed by atoms with Crippen LogP contribution in [0.1, 0.15) is 10.6 Å². The molecule has 0 aliphatic carbocycles. The van der Waals surface area contributed by atoms with Crippen LogP contribution in [-0.4, -0.2) is 51.4 Å². The van der Waals surface area contributed by atoms with Gasteiger partial charge < -0.3 is 14.6 Å². The average molecular weight is 355 g/mol. The molecule has 3 aromatic rings. The van der Waals surface area contributed by atoms with E-state index in [1.165, 1.54) is 10.6 Å². The number of rotatable bonds is 4. The van der Waals surface area contributed by atoms with Gasteiger partial charge in [0.25, 0.3) is 0 Å². The number of imidazole rings is 1. The van der Waals surface area contributed by atoms with Crippen LogP contribution < -0.4 is 5.32 Å². The molecule has 25 heavy (non-hydrogen) atoms. The van der Waals surface area contributed by atoms with Crippen LogP contribution in [0.15, 0.2) is 48.1 Å². The van der Waals surface area contributed by atoms with Crippen molar-refractivity contribution in [3.05, 3.63) is 58.7 Å². The molecule has 1 fully saturated rings. The molecule has 1 aliphatic heterocycles. The first-order chi connectivity index (χ1) is 12.3. The van der Waals surface area contributed by atoms with Crippen molar-refractivity contribution in [1.29, 1.82) is 0 Å². The number of hydrogen-bond acceptors (Lipinski definition) is 4. The summed E-state index contributed by atoms with van der Waals surface area (Å²) in [5, 5.41) is 5.03. The Morgan fingerprint density at radius 1 is 1.16 bits per heavy atom. The molecular formula is C18H21N5OS. The summed E-state index contributed by atoms with van der Waals surface area (Å²) < 4.78 is 2.13. The van der Waals surface area contributed by atoms with Crippen LogP contribution in [0.5, 0.6) is 0 Å². The van der Waals surface area contributed by atoms with Gasteiger partial charge in [-0.1, -0.05) is 12.1 Å². The first-order valence-electron chi connectivity index (χ1n) is 8.48. The smallest absolute Gasteiger partial charge is 0.317 e. The van der Waals surface area contributed by atoms with Crippen LogP contribution in [0.4, 0.5) is 4.79 Å². The second-order valence-corrected chi connectivity index (χ2v) is 7.21. The Bertz CT molecular complexity index is 836. The summed E-state index contributed by atoms with van der Waals surface area (Å²) >= 11 is 1.67. The van der Waals surface area contributed by atoms with Gasteiger partial charge in [-0.05, 0) is 23.6 Å². The molecule has 0 atom stereocenters. The van der Waals surface area contributed by atoms with E-state index in [9.17, 15) is 4.79 Å². The Morgan fingerprint density at radius 3 is 2.84 bits per heavy atom. The Kier molecular flexibility index (Phi) is 4.67. The first-order valence-corrected chi connectivity index (χ1v) is 9.36. The van der Waals surface area contributed by atoms with E-state index in [4.69, 9.17) is 0 Å². The number of nitrogens with one attached hydrogen (secondary N) is 1. The van der Waals surface area contributed by atoms with E-state index in [1.54, 1.807) is 11.3 Å². The monoisotopic (exact) mass is 355 g/mol. The third kappa shape index (κ3) is 3.67. The third-order valence-corrected chi connectivity index (χ3v) is 5.41. The molecule has 0 bridgehead atoms. The Labute approximate surface area is 150 Å². The van der Waals surface area contributed by atoms with Gasteiger partial charge in [0, 0.05) is 43.8 Å². The summed E-state index contributed by atoms with van der Waals surface area (Å²) in [6, 6.07) is 10.1. The standard InChI is InChI=1S/C18H21N5OS/c24-18(20-13-16-4-3-11-25-16)22-9-7-21(8-10-22)14-15-12-19-17-5-1-2-6-23(15)17/h1-6,11-12H,7-10,13-14H2,(H,20,24). The number of urea groups is 1. The molecule has 0 unspecified atom stereocenters. The summed E-state index contributed by atoms with van der Waals surface area (Å²) in [4.78, 5) is 22.2. The van der Waals surface area contributed by atoms with Crippen molar-refractivity contribution < 1.29 is 4.79 Å². The van der Waals surface area contributed by atoms with E-state index in [2.05, 4.69) is 19.6 Å². The Balaban J connectivity index is 1.28. The number of nitrogens with zero attached hydrogens (tertiary/aromatic N) is 4. The molecule has 1 N–H and O–H groups in total. The van der Waals surface area contributed by atoms with E-state index >= 15 is 0 Å². The van der Waals surface area contributed by atoms with Crippen molar-refractivity contribution in [2.24, 2.45) is 0 Å². The summed E-state index contributed by atoms with van der Waals surface area (Å²) in [6.45, 7) is 4.74. The van der Waals surface area contributed by atoms with Gasteiger partial charge in [0.2, 0.25) is 0 Å². The molecule has 130 valence electrons. The molecular weight excluding hydrogens is 334 g/mol. The van der Waals surface area contributed by atoms with Gasteiger partial charge in [-0.3, -0.25) is 4.90 Å². The van der Waals surface area contributed by atoms with Gasteiger partial charge in [-0.25, -0.2) is 9.78 Å². The van der Waals surface area contributed by atoms with Gasteiger partial charge in [0.15, 0.2) is 0 Å². The number of pyridine rings is 1. The number of fused-ring (bicyclic) bond motifs is 1. The second-order valence-electron chi connectivity index (χ2n) is 6.18. The summed E-state index contributed by atoms with van der Waals surface area (Å²) in [5.74, 6) is 0. The lowest BCUT2D eigenvalue weighted by Crippen LogP contribution is -2.51. The zero-order valence-corrected chi connectivity index (χ0v) is 14.8. The van der Waals surface area contributed by atoms with E-state index < -0.39 is 0 Å². The first kappa shape index (κ1) is 16.1. The normalized spacial score (nSPS) is 15.6. The number of carbonyl (C=O) groups is 1. The minimum atomic E-state index is 0.0304. The van der Waals surface area contributed by atoms with Gasteiger partial charge in [-0.15, -0.1) is 11.3 Å². The maximum atomic E-state index is 12.3. The van der Waals surface area contributed by atoms with Crippen molar-refractivity contribution in [2.75, 3.05) is 26.2 Å². The molecule has 0 radical (unpaired) electrons. The van der Waals surface area contributed by atoms with Crippen LogP contribution in [0.25, 0.3) is 5.65 Å². The highest BCUT2D eigenvalue weighted by molar-refractivity contribution is 7.09. The van der Waals surface area contributed by atoms with E-state index in [-0.39, 0.29) is 6.03 Å². The lowest BCUT2D eigenvalue weighted by atomic mass is 10.3. The van der Waals surface area contributed by atoms with Crippen LogP contribution in [0, 0.1) is 0 Å². The predicted molar refractivity (Wildman–Crippen MR) is 98.6 cm³/mol. The summed E-state index contributed by atoms with van der Waals surface area (Å²) in [5.41, 5.74) is 2.16. The van der Waals surface area contributed by atoms with Crippen molar-refractivity contribution >= 4 is 23.0 Å². The zero-order valence-electron chi connectivity index (χ0n) is 14.0. The number of amides is 2. The quantitative estimate of drug-likeness (QED) is 0.782. The largest absolute Gasteiger partial charge is 0.333 e. The minimum absolute atomic E-state index is 0.0304. The lowest BCUT2D eigenvalue weighted by molar-refractivity contribution is 0.134. The highest BCUT2D eigenvalue weighted by Gasteiger charge is 2.21. The van der Waals surface area contributed by atoms with Gasteiger partial charge in [-0.2, -0.15) is 0 Å². The fourth-order valence-electron chi connectivity index (χ4n) is 3.13. The molecule has 6 nitrogen and oxygen atoms in total. The molecule has 4 heterocycles. The molecule has 0 spiro atoms. The highest BCUT2D eigenvalue weighted by Crippen LogP contribution is 2.12. The topological polar surface area (TPSA) is 52.9 Å². The maximum Gasteiger partial charge on any atom is 0.317 e. The third-order valence-electron chi connectivity index (χ3n) is 4.53. The zero-order chi connectivity index (χ0) is 17.1. The highest BCUT2D eigenvalue weighted by atomic mass is 32.1. The fraction of sp³-hybridized carbons (Fsp3) is 0.333. The molecule has 7 heteroatoms. The van der Waals surface area contributed by atoms with Crippen LogP contribution in [-0.2, 0) is 13.1 Å². The number of thiophene rings is 1. The SMILES string of the molecule is O=C(NCc1cccs1)N1CCN(Cc2cnc3ccccn23)CC1. The van der Waals surface area contributed by atoms with E-state index in [0.717, 1.165) is 38.4 Å². The van der Waals surface area contributed by atoms with Crippen molar-refractivity contribution in [2.45, 2.75) is 13.1 Å². The Morgan fingerprint density at radius 2 is 2.04 bits per heavy atom. The van der Waals surface area contributed by atoms with Gasteiger partial charge >= 0.3 is 6.03 Å². The second kappa shape index (κ2) is 7.25. The molecule has 1 aliphatic rings. The predicted octanol–water partition coefficient (Wildman–Crippen LogP) is 2.42. The van der Waals surface area contributed by atoms with Gasteiger partial charge in [0.1, 0.15) is 5.65 Å². The minimum Gasteiger partial charge on any atom is -0.333 e. The number of hydrogen-bond donors (Lipinski definition) is 1. The maximum absolute atomic E-state index is 12.3. The van der Waals surface area contributed by atoms with Crippen molar-refractivity contribution in [3.63, 3.8) is 0 Å². The lowest BCUT2D eigenvalue weighted by Gasteiger charge is -2.34. The van der Waals surface area contributed by atoms with E-state index in [0.29, 0.717) is 6.54 Å². The number of piperazine rings is 1. The molecule has 4 rings (SSSR count). The average Bonchev–Trinajstić information content (AvgIpc) is 3.31. The molecule has 3 aromatic heterocycles. The number of carbonyl (C=O) groups excluding carboxylic acids is 1. The molecule has 1 saturated heterocycles. The van der Waals surface area contributed by atoms with Crippen molar-refractivity contribution in [1.82, 2.24) is 24.5 Å². The molecule has 2 amide bonds. The number of aromatic nitrogens is 2. The van der Waals surface area contributed by atoms with Crippen LogP contribution in [0.2, 0.25) is 0 Å². The van der Waals surface area contributed by atoms with Crippen molar-refractivity contribution in [3.8, 4) is 0 Å². The Hall–Kier alpha value is -2.38. The molecule has 0 saturated carbocycles. The van der Waals surface area contributed by atoms with Crippen LogP contribution in [0.3, 0.4) is 0 Å². The summed E-state index contributed by atoms with van der Waals surface area (Å²) in [7, 11) is 0. The van der Waals surface area contributed by atoms with Crippen LogP contribution >= 0.6 is 11.3 Å². The molecule has 0 aromatic carbocycles.